The third-order valence-electron chi connectivity index (χ3n) is 5.31. The predicted octanol–water partition coefficient (Wildman–Crippen LogP) is 6.26. The quantitative estimate of drug-likeness (QED) is 0.378. The molecule has 1 aliphatic heterocycles. The summed E-state index contributed by atoms with van der Waals surface area (Å²) in [5.41, 5.74) is 2.84. The minimum Gasteiger partial charge on any atom is -0.350 e. The lowest BCUT2D eigenvalue weighted by Gasteiger charge is -2.18. The molecule has 0 atom stereocenters. The lowest BCUT2D eigenvalue weighted by Crippen LogP contribution is -2.32. The molecule has 0 saturated carbocycles. The number of carbonyl (C=O) groups is 2. The Morgan fingerprint density at radius 3 is 2.48 bits per heavy atom. The number of nitrogens with one attached hydrogen (secondary N) is 1. The molecule has 0 spiro atoms. The van der Waals surface area contributed by atoms with Crippen molar-refractivity contribution >= 4 is 62.5 Å². The number of aryl methyl sites for hydroxylation is 1. The molecule has 0 unspecified atom stereocenters. The van der Waals surface area contributed by atoms with Crippen LogP contribution in [0.4, 0.5) is 11.4 Å². The fraction of sp³-hybridized carbons (Fsp3) is 0.0400. The molecule has 0 radical (unpaired) electrons. The van der Waals surface area contributed by atoms with E-state index in [0.29, 0.717) is 16.3 Å². The van der Waals surface area contributed by atoms with Crippen LogP contribution in [0.2, 0.25) is 5.02 Å². The number of benzene rings is 3. The number of thiophene rings is 1. The highest BCUT2D eigenvalue weighted by atomic mass is 35.5. The van der Waals surface area contributed by atoms with Gasteiger partial charge in [-0.25, -0.2) is 4.90 Å². The summed E-state index contributed by atoms with van der Waals surface area (Å²) in [6.45, 7) is 1.91. The molecule has 6 heteroatoms. The molecule has 0 fully saturated rings. The van der Waals surface area contributed by atoms with Crippen LogP contribution in [0.5, 0.6) is 0 Å². The van der Waals surface area contributed by atoms with Gasteiger partial charge in [-0.15, -0.1) is 11.3 Å². The summed E-state index contributed by atoms with van der Waals surface area (Å²) in [7, 11) is 0. The summed E-state index contributed by atoms with van der Waals surface area (Å²) in [4.78, 5) is 29.2. The molecule has 0 saturated heterocycles. The molecule has 31 heavy (non-hydrogen) atoms. The van der Waals surface area contributed by atoms with Crippen LogP contribution in [0.3, 0.4) is 0 Å². The number of fused-ring (bicyclic) bond motifs is 1. The minimum atomic E-state index is -0.376. The van der Waals surface area contributed by atoms with E-state index in [2.05, 4.69) is 5.32 Å². The minimum absolute atomic E-state index is 0.269. The molecular weight excluding hydrogens is 428 g/mol. The van der Waals surface area contributed by atoms with Crippen LogP contribution in [0.1, 0.15) is 10.4 Å². The molecule has 1 N–H and O–H groups in total. The van der Waals surface area contributed by atoms with Crippen LogP contribution in [-0.4, -0.2) is 11.8 Å². The molecule has 0 aliphatic carbocycles. The van der Waals surface area contributed by atoms with Gasteiger partial charge in [0.05, 0.1) is 11.3 Å². The van der Waals surface area contributed by atoms with E-state index in [1.54, 1.807) is 12.1 Å². The summed E-state index contributed by atoms with van der Waals surface area (Å²) in [5.74, 6) is -0.711. The fourth-order valence-electron chi connectivity index (χ4n) is 3.82. The number of hydrogen-bond donors (Lipinski definition) is 1. The molecule has 1 aliphatic rings. The third-order valence-corrected chi connectivity index (χ3v) is 6.43. The number of nitrogens with zero attached hydrogens (tertiary/aromatic N) is 1. The standard InChI is InChI=1S/C25H17ClN2O2S/c1-15-14-17(26)11-12-19(15)27-23-22(21-10-5-13-31-21)24(29)28(25(23)30)20-9-4-7-16-6-2-3-8-18(16)20/h2-14,27H,1H3. The summed E-state index contributed by atoms with van der Waals surface area (Å²) in [5, 5.41) is 7.54. The Hall–Kier alpha value is -3.41. The van der Waals surface area contributed by atoms with E-state index in [9.17, 15) is 9.59 Å². The van der Waals surface area contributed by atoms with Gasteiger partial charge >= 0.3 is 0 Å². The summed E-state index contributed by atoms with van der Waals surface area (Å²) in [6.07, 6.45) is 0. The summed E-state index contributed by atoms with van der Waals surface area (Å²) >= 11 is 7.52. The van der Waals surface area contributed by atoms with Gasteiger partial charge in [-0.05, 0) is 53.6 Å². The first-order valence-corrected chi connectivity index (χ1v) is 11.0. The van der Waals surface area contributed by atoms with Gasteiger partial charge in [0.25, 0.3) is 11.8 Å². The van der Waals surface area contributed by atoms with Crippen LogP contribution < -0.4 is 10.2 Å². The number of hydrogen-bond acceptors (Lipinski definition) is 4. The van der Waals surface area contributed by atoms with Crippen molar-refractivity contribution in [1.82, 2.24) is 0 Å². The Bertz CT molecular complexity index is 1370. The van der Waals surface area contributed by atoms with Gasteiger partial charge in [0.15, 0.2) is 0 Å². The zero-order chi connectivity index (χ0) is 21.5. The third kappa shape index (κ3) is 3.32. The van der Waals surface area contributed by atoms with Crippen LogP contribution in [0.25, 0.3) is 16.3 Å². The number of anilines is 2. The average molecular weight is 445 g/mol. The van der Waals surface area contributed by atoms with Gasteiger partial charge in [-0.3, -0.25) is 9.59 Å². The first-order chi connectivity index (χ1) is 15.0. The maximum absolute atomic E-state index is 13.6. The van der Waals surface area contributed by atoms with Gasteiger partial charge in [-0.2, -0.15) is 0 Å². The van der Waals surface area contributed by atoms with Crippen molar-refractivity contribution in [2.75, 3.05) is 10.2 Å². The predicted molar refractivity (Wildman–Crippen MR) is 127 cm³/mol. The van der Waals surface area contributed by atoms with E-state index in [1.165, 1.54) is 16.2 Å². The van der Waals surface area contributed by atoms with Crippen LogP contribution >= 0.6 is 22.9 Å². The number of halogens is 1. The molecule has 1 aromatic heterocycles. The highest BCUT2D eigenvalue weighted by Gasteiger charge is 2.41. The van der Waals surface area contributed by atoms with E-state index < -0.39 is 0 Å². The Balaban J connectivity index is 1.65. The highest BCUT2D eigenvalue weighted by Crippen LogP contribution is 2.38. The molecule has 4 nitrogen and oxygen atoms in total. The Labute approximate surface area is 188 Å². The van der Waals surface area contributed by atoms with Gasteiger partial charge in [0.2, 0.25) is 0 Å². The number of imide groups is 1. The zero-order valence-electron chi connectivity index (χ0n) is 16.6. The number of amides is 2. The SMILES string of the molecule is Cc1cc(Cl)ccc1NC1=C(c2cccs2)C(=O)N(c2cccc3ccccc23)C1=O. The van der Waals surface area contributed by atoms with Gasteiger partial charge < -0.3 is 5.32 Å². The van der Waals surface area contributed by atoms with Gasteiger partial charge in [0, 0.05) is 21.0 Å². The Kier molecular flexibility index (Phi) is 4.85. The van der Waals surface area contributed by atoms with E-state index >= 15 is 0 Å². The molecular formula is C25H17ClN2O2S. The van der Waals surface area contributed by atoms with Crippen molar-refractivity contribution in [2.45, 2.75) is 6.92 Å². The second-order valence-corrected chi connectivity index (χ2v) is 8.64. The van der Waals surface area contributed by atoms with Crippen LogP contribution in [0.15, 0.2) is 83.9 Å². The maximum atomic E-state index is 13.6. The normalized spacial score (nSPS) is 14.1. The van der Waals surface area contributed by atoms with Gasteiger partial charge in [-0.1, -0.05) is 54.1 Å². The smallest absolute Gasteiger partial charge is 0.282 e. The lowest BCUT2D eigenvalue weighted by atomic mass is 10.1. The van der Waals surface area contributed by atoms with E-state index in [0.717, 1.165) is 26.9 Å². The monoisotopic (exact) mass is 444 g/mol. The van der Waals surface area contributed by atoms with Crippen molar-refractivity contribution in [3.8, 4) is 0 Å². The largest absolute Gasteiger partial charge is 0.350 e. The van der Waals surface area contributed by atoms with Crippen molar-refractivity contribution in [3.63, 3.8) is 0 Å². The topological polar surface area (TPSA) is 49.4 Å². The van der Waals surface area contributed by atoms with Crippen LogP contribution in [0, 0.1) is 6.92 Å². The van der Waals surface area contributed by atoms with Crippen molar-refractivity contribution < 1.29 is 9.59 Å². The maximum Gasteiger partial charge on any atom is 0.282 e. The molecule has 2 amide bonds. The first kappa shape index (κ1) is 19.5. The molecule has 2 heterocycles. The fourth-order valence-corrected chi connectivity index (χ4v) is 4.81. The number of rotatable bonds is 4. The van der Waals surface area contributed by atoms with E-state index in [4.69, 9.17) is 11.6 Å². The van der Waals surface area contributed by atoms with Gasteiger partial charge in [0.1, 0.15) is 5.70 Å². The summed E-state index contributed by atoms with van der Waals surface area (Å²) in [6, 6.07) is 22.5. The summed E-state index contributed by atoms with van der Waals surface area (Å²) < 4.78 is 0. The van der Waals surface area contributed by atoms with E-state index in [-0.39, 0.29) is 17.5 Å². The first-order valence-electron chi connectivity index (χ1n) is 9.72. The number of carbonyl (C=O) groups excluding carboxylic acids is 2. The van der Waals surface area contributed by atoms with Crippen molar-refractivity contribution in [1.29, 1.82) is 0 Å². The second-order valence-electron chi connectivity index (χ2n) is 7.26. The van der Waals surface area contributed by atoms with Crippen molar-refractivity contribution in [3.05, 3.63) is 99.3 Å². The zero-order valence-corrected chi connectivity index (χ0v) is 18.1. The molecule has 3 aromatic carbocycles. The molecule has 152 valence electrons. The molecule has 5 rings (SSSR count). The Morgan fingerprint density at radius 1 is 0.903 bits per heavy atom. The van der Waals surface area contributed by atoms with Crippen LogP contribution in [-0.2, 0) is 9.59 Å². The van der Waals surface area contributed by atoms with E-state index in [1.807, 2.05) is 73.0 Å². The second kappa shape index (κ2) is 7.69. The highest BCUT2D eigenvalue weighted by molar-refractivity contribution is 7.11. The molecule has 0 bridgehead atoms. The lowest BCUT2D eigenvalue weighted by molar-refractivity contribution is -0.120. The average Bonchev–Trinajstić information content (AvgIpc) is 3.36. The van der Waals surface area contributed by atoms with Crippen molar-refractivity contribution in [2.24, 2.45) is 0 Å². The Morgan fingerprint density at radius 2 is 1.71 bits per heavy atom. The molecule has 4 aromatic rings.